The van der Waals surface area contributed by atoms with Crippen LogP contribution in [0.5, 0.6) is 5.75 Å². The molecule has 0 spiro atoms. The highest BCUT2D eigenvalue weighted by atomic mass is 35.5. The van der Waals surface area contributed by atoms with Gasteiger partial charge in [0.05, 0.1) is 21.3 Å². The molecule has 0 saturated carbocycles. The maximum Gasteiger partial charge on any atom is 0.435 e. The molecule has 3 aromatic rings. The number of carboxylic acids is 2. The van der Waals surface area contributed by atoms with Crippen molar-refractivity contribution in [2.75, 3.05) is 0 Å². The van der Waals surface area contributed by atoms with Crippen LogP contribution >= 0.6 is 23.2 Å². The van der Waals surface area contributed by atoms with Gasteiger partial charge in [0, 0.05) is 12.0 Å². The zero-order chi connectivity index (χ0) is 25.9. The number of alkyl halides is 3. The average Bonchev–Trinajstić information content (AvgIpc) is 3.18. The van der Waals surface area contributed by atoms with Crippen LogP contribution in [0.15, 0.2) is 36.4 Å². The number of H-pyrrole nitrogens is 1. The van der Waals surface area contributed by atoms with Crippen LogP contribution in [0.4, 0.5) is 13.2 Å². The Hall–Kier alpha value is -3.24. The van der Waals surface area contributed by atoms with E-state index in [1.165, 1.54) is 36.4 Å². The molecule has 1 heterocycles. The molecule has 7 nitrogen and oxygen atoms in total. The van der Waals surface area contributed by atoms with E-state index in [1.54, 1.807) is 6.92 Å². The summed E-state index contributed by atoms with van der Waals surface area (Å²) in [5.74, 6) is -4.10. The largest absolute Gasteiger partial charge is 0.489 e. The number of halogens is 5. The number of aromatic carboxylic acids is 1. The molecule has 1 unspecified atom stereocenters. The molecule has 3 N–H and O–H groups in total. The Morgan fingerprint density at radius 2 is 1.77 bits per heavy atom. The Bertz CT molecular complexity index is 1240. The van der Waals surface area contributed by atoms with Crippen LogP contribution < -0.4 is 4.74 Å². The third kappa shape index (κ3) is 5.88. The average molecular weight is 531 g/mol. The van der Waals surface area contributed by atoms with Gasteiger partial charge in [-0.1, -0.05) is 48.3 Å². The zero-order valence-electron chi connectivity index (χ0n) is 18.1. The topological polar surface area (TPSA) is 113 Å². The molecule has 2 aromatic carbocycles. The lowest BCUT2D eigenvalue weighted by Gasteiger charge is -2.15. The van der Waals surface area contributed by atoms with E-state index in [0.717, 1.165) is 0 Å². The number of aliphatic carboxylic acids is 1. The maximum absolute atomic E-state index is 13.6. The minimum atomic E-state index is -4.83. The molecule has 0 aliphatic heterocycles. The summed E-state index contributed by atoms with van der Waals surface area (Å²) in [5.41, 5.74) is -1.65. The number of nitrogens with one attached hydrogen (secondary N) is 1. The summed E-state index contributed by atoms with van der Waals surface area (Å²) in [6, 6.07) is 8.32. The van der Waals surface area contributed by atoms with E-state index in [0.29, 0.717) is 12.0 Å². The van der Waals surface area contributed by atoms with Gasteiger partial charge in [-0.2, -0.15) is 13.2 Å². The van der Waals surface area contributed by atoms with Gasteiger partial charge in [0.1, 0.15) is 24.1 Å². The molecule has 35 heavy (non-hydrogen) atoms. The lowest BCUT2D eigenvalue weighted by molar-refractivity contribution is -0.143. The van der Waals surface area contributed by atoms with Crippen LogP contribution in [0.2, 0.25) is 10.0 Å². The van der Waals surface area contributed by atoms with Gasteiger partial charge in [-0.3, -0.25) is 4.79 Å². The minimum absolute atomic E-state index is 0.0329. The molecule has 12 heteroatoms. The lowest BCUT2D eigenvalue weighted by Crippen LogP contribution is -2.19. The number of aromatic nitrogens is 2. The van der Waals surface area contributed by atoms with E-state index in [2.05, 4.69) is 9.97 Å². The van der Waals surface area contributed by atoms with Crippen LogP contribution in [0.1, 0.15) is 58.0 Å². The van der Waals surface area contributed by atoms with E-state index >= 15 is 0 Å². The van der Waals surface area contributed by atoms with Crippen molar-refractivity contribution >= 4 is 35.1 Å². The van der Waals surface area contributed by atoms with E-state index < -0.39 is 35.4 Å². The third-order valence-corrected chi connectivity index (χ3v) is 5.81. The van der Waals surface area contributed by atoms with Crippen LogP contribution in [0, 0.1) is 0 Å². The zero-order valence-corrected chi connectivity index (χ0v) is 19.6. The first-order chi connectivity index (χ1) is 16.4. The first-order valence-electron chi connectivity index (χ1n) is 10.3. The number of benzene rings is 2. The standard InChI is InChI=1S/C23H19Cl2F3N2O5/c1-2-3-15-29-19(20(30-15)23(26,27)28)16(21(31)32)11-4-7-13(8-5-11)35-10-12-6-9-14(24)17(18(12)25)22(33)34/h4-9,16H,2-3,10H2,1H3,(H,29,30)(H,31,32)(H,33,34). The van der Waals surface area contributed by atoms with Crippen molar-refractivity contribution in [2.24, 2.45) is 0 Å². The predicted molar refractivity (Wildman–Crippen MR) is 121 cm³/mol. The molecule has 1 atom stereocenters. The van der Waals surface area contributed by atoms with Crippen molar-refractivity contribution in [3.63, 3.8) is 0 Å². The molecule has 3 rings (SSSR count). The summed E-state index contributed by atoms with van der Waals surface area (Å²) < 4.78 is 46.2. The number of carboxylic acid groups (broad SMARTS) is 2. The molecular weight excluding hydrogens is 512 g/mol. The normalized spacial score (nSPS) is 12.4. The molecule has 0 radical (unpaired) electrons. The summed E-state index contributed by atoms with van der Waals surface area (Å²) in [5, 5.41) is 18.9. The monoisotopic (exact) mass is 530 g/mol. The number of ether oxygens (including phenoxy) is 1. The van der Waals surface area contributed by atoms with Gasteiger partial charge in [-0.25, -0.2) is 9.78 Å². The second-order valence-corrected chi connectivity index (χ2v) is 8.31. The third-order valence-electron chi connectivity index (χ3n) is 5.06. The minimum Gasteiger partial charge on any atom is -0.489 e. The number of aryl methyl sites for hydroxylation is 1. The van der Waals surface area contributed by atoms with Crippen LogP contribution in [0.25, 0.3) is 0 Å². The Balaban J connectivity index is 1.87. The van der Waals surface area contributed by atoms with Crippen molar-refractivity contribution in [3.8, 4) is 5.75 Å². The van der Waals surface area contributed by atoms with Gasteiger partial charge < -0.3 is 19.9 Å². The fourth-order valence-corrected chi connectivity index (χ4v) is 4.06. The van der Waals surface area contributed by atoms with Crippen LogP contribution in [0.3, 0.4) is 0 Å². The smallest absolute Gasteiger partial charge is 0.435 e. The van der Waals surface area contributed by atoms with Gasteiger partial charge in [-0.05, 0) is 30.2 Å². The first kappa shape index (κ1) is 26.4. The summed E-state index contributed by atoms with van der Waals surface area (Å²) in [6.45, 7) is 1.64. The number of hydrogen-bond donors (Lipinski definition) is 3. The van der Waals surface area contributed by atoms with Gasteiger partial charge >= 0.3 is 18.1 Å². The number of hydrogen-bond acceptors (Lipinski definition) is 4. The highest BCUT2D eigenvalue weighted by molar-refractivity contribution is 6.39. The van der Waals surface area contributed by atoms with Crippen molar-refractivity contribution in [3.05, 3.63) is 80.3 Å². The first-order valence-corrected chi connectivity index (χ1v) is 11.0. The Morgan fingerprint density at radius 3 is 2.31 bits per heavy atom. The van der Waals surface area contributed by atoms with Gasteiger partial charge in [-0.15, -0.1) is 0 Å². The summed E-state index contributed by atoms with van der Waals surface area (Å²) in [7, 11) is 0. The molecule has 1 aromatic heterocycles. The maximum atomic E-state index is 13.6. The molecular formula is C23H19Cl2F3N2O5. The van der Waals surface area contributed by atoms with E-state index in [1.807, 2.05) is 0 Å². The lowest BCUT2D eigenvalue weighted by atomic mass is 9.94. The molecule has 0 aliphatic rings. The molecule has 0 fully saturated rings. The molecule has 0 bridgehead atoms. The number of rotatable bonds is 9. The fraction of sp³-hybridized carbons (Fsp3) is 0.261. The highest BCUT2D eigenvalue weighted by Gasteiger charge is 2.41. The number of nitrogens with zero attached hydrogens (tertiary/aromatic N) is 1. The van der Waals surface area contributed by atoms with Crippen molar-refractivity contribution in [1.82, 2.24) is 9.97 Å². The number of imidazole rings is 1. The molecule has 0 amide bonds. The SMILES string of the molecule is CCCc1nc(C(F)(F)F)c(C(C(=O)O)c2ccc(OCc3ccc(Cl)c(C(=O)O)c3Cl)cc2)[nH]1. The second-order valence-electron chi connectivity index (χ2n) is 7.52. The van der Waals surface area contributed by atoms with E-state index in [9.17, 15) is 33.0 Å². The van der Waals surface area contributed by atoms with Crippen LogP contribution in [-0.4, -0.2) is 32.1 Å². The fourth-order valence-electron chi connectivity index (χ4n) is 3.47. The Labute approximate surface area is 207 Å². The van der Waals surface area contributed by atoms with Crippen molar-refractivity contribution in [2.45, 2.75) is 38.5 Å². The summed E-state index contributed by atoms with van der Waals surface area (Å²) >= 11 is 12.0. The second kappa shape index (κ2) is 10.6. The van der Waals surface area contributed by atoms with Crippen molar-refractivity contribution < 1.29 is 37.7 Å². The van der Waals surface area contributed by atoms with E-state index in [4.69, 9.17) is 27.9 Å². The quantitative estimate of drug-likeness (QED) is 0.304. The van der Waals surface area contributed by atoms with Gasteiger partial charge in [0.2, 0.25) is 0 Å². The summed E-state index contributed by atoms with van der Waals surface area (Å²) in [4.78, 5) is 29.4. The predicted octanol–water partition coefficient (Wildman–Crippen LogP) is 6.18. The number of carbonyl (C=O) groups is 2. The Morgan fingerprint density at radius 1 is 1.11 bits per heavy atom. The van der Waals surface area contributed by atoms with Crippen LogP contribution in [-0.2, 0) is 24.0 Å². The van der Waals surface area contributed by atoms with Crippen molar-refractivity contribution in [1.29, 1.82) is 0 Å². The summed E-state index contributed by atoms with van der Waals surface area (Å²) in [6.07, 6.45) is -4.07. The molecule has 0 saturated heterocycles. The number of aromatic amines is 1. The highest BCUT2D eigenvalue weighted by Crippen LogP contribution is 2.37. The molecule has 0 aliphatic carbocycles. The van der Waals surface area contributed by atoms with Gasteiger partial charge in [0.25, 0.3) is 0 Å². The Kier molecular flexibility index (Phi) is 7.97. The molecule has 186 valence electrons. The van der Waals surface area contributed by atoms with E-state index in [-0.39, 0.29) is 45.8 Å². The van der Waals surface area contributed by atoms with Gasteiger partial charge in [0.15, 0.2) is 5.69 Å².